The summed E-state index contributed by atoms with van der Waals surface area (Å²) in [4.78, 5) is 16.7. The second-order valence-electron chi connectivity index (χ2n) is 8.36. The fraction of sp³-hybridized carbons (Fsp3) is 0.259. The molecule has 5 heteroatoms. The standard InChI is InChI=1S/C27H26FNO3/c1-17(2)27-23(13-12-22-14-21(30)15-26(31)32-22)24(18-8-10-20(28)11-9-18)16-25(29-27)19-6-4-3-5-7-19/h3-13,16-17,21-22,30H,14-15H2,1-2H3/b13-12+/t21-,22?/m1/s1. The average molecular weight is 432 g/mol. The Labute approximate surface area is 187 Å². The lowest BCUT2D eigenvalue weighted by Gasteiger charge is -2.24. The van der Waals surface area contributed by atoms with E-state index in [0.717, 1.165) is 33.6 Å². The Morgan fingerprint density at radius 2 is 1.81 bits per heavy atom. The number of benzene rings is 2. The molecule has 0 saturated carbocycles. The molecule has 0 amide bonds. The van der Waals surface area contributed by atoms with Gasteiger partial charge in [-0.3, -0.25) is 9.78 Å². The molecule has 1 N–H and O–H groups in total. The van der Waals surface area contributed by atoms with Gasteiger partial charge in [0.25, 0.3) is 0 Å². The highest BCUT2D eigenvalue weighted by Crippen LogP contribution is 2.34. The number of aliphatic hydroxyl groups is 1. The molecule has 2 atom stereocenters. The zero-order valence-electron chi connectivity index (χ0n) is 18.2. The van der Waals surface area contributed by atoms with Crippen LogP contribution in [0.3, 0.4) is 0 Å². The van der Waals surface area contributed by atoms with E-state index < -0.39 is 18.2 Å². The Balaban J connectivity index is 1.85. The van der Waals surface area contributed by atoms with E-state index in [1.807, 2.05) is 42.5 Å². The van der Waals surface area contributed by atoms with Gasteiger partial charge < -0.3 is 9.84 Å². The molecule has 4 rings (SSSR count). The summed E-state index contributed by atoms with van der Waals surface area (Å²) in [5.74, 6) is -0.578. The maximum Gasteiger partial charge on any atom is 0.309 e. The Morgan fingerprint density at radius 3 is 2.47 bits per heavy atom. The van der Waals surface area contributed by atoms with E-state index >= 15 is 0 Å². The number of halogens is 1. The number of aliphatic hydroxyl groups excluding tert-OH is 1. The van der Waals surface area contributed by atoms with Crippen LogP contribution >= 0.6 is 0 Å². The average Bonchev–Trinajstić information content (AvgIpc) is 2.77. The van der Waals surface area contributed by atoms with Crippen molar-refractivity contribution in [3.8, 4) is 22.4 Å². The maximum atomic E-state index is 13.6. The van der Waals surface area contributed by atoms with E-state index in [1.54, 1.807) is 18.2 Å². The third-order valence-corrected chi connectivity index (χ3v) is 5.53. The van der Waals surface area contributed by atoms with Crippen LogP contribution in [0.1, 0.15) is 43.9 Å². The zero-order chi connectivity index (χ0) is 22.7. The van der Waals surface area contributed by atoms with Crippen LogP contribution in [0.15, 0.2) is 66.7 Å². The molecule has 3 aromatic rings. The molecule has 2 heterocycles. The summed E-state index contributed by atoms with van der Waals surface area (Å²) in [7, 11) is 0. The van der Waals surface area contributed by atoms with Crippen LogP contribution in [-0.4, -0.2) is 28.3 Å². The van der Waals surface area contributed by atoms with Crippen molar-refractivity contribution in [2.75, 3.05) is 0 Å². The highest BCUT2D eigenvalue weighted by atomic mass is 19.1. The third-order valence-electron chi connectivity index (χ3n) is 5.53. The third kappa shape index (κ3) is 4.94. The first kappa shape index (κ1) is 21.9. The number of carbonyl (C=O) groups excluding carboxylic acids is 1. The Hall–Kier alpha value is -3.31. The molecular formula is C27H26FNO3. The minimum absolute atomic E-state index is 0.0236. The number of esters is 1. The van der Waals surface area contributed by atoms with Gasteiger partial charge in [-0.05, 0) is 41.3 Å². The van der Waals surface area contributed by atoms with Crippen LogP contribution in [-0.2, 0) is 9.53 Å². The lowest BCUT2D eigenvalue weighted by atomic mass is 9.91. The van der Waals surface area contributed by atoms with Gasteiger partial charge in [0.15, 0.2) is 0 Å². The first-order chi connectivity index (χ1) is 15.4. The second-order valence-corrected chi connectivity index (χ2v) is 8.36. The molecule has 0 spiro atoms. The highest BCUT2D eigenvalue weighted by molar-refractivity contribution is 5.81. The topological polar surface area (TPSA) is 59.4 Å². The SMILES string of the molecule is CC(C)c1nc(-c2ccccc2)cc(-c2ccc(F)cc2)c1/C=C/C1C[C@@H](O)CC(=O)O1. The van der Waals surface area contributed by atoms with Crippen molar-refractivity contribution in [3.63, 3.8) is 0 Å². The molecule has 1 saturated heterocycles. The fourth-order valence-corrected chi connectivity index (χ4v) is 3.95. The van der Waals surface area contributed by atoms with Crippen LogP contribution in [0, 0.1) is 5.82 Å². The van der Waals surface area contributed by atoms with Gasteiger partial charge >= 0.3 is 5.97 Å². The molecule has 0 bridgehead atoms. The first-order valence-electron chi connectivity index (χ1n) is 10.8. The Bertz CT molecular complexity index is 1120. The molecule has 0 radical (unpaired) electrons. The number of ether oxygens (including phenoxy) is 1. The van der Waals surface area contributed by atoms with Gasteiger partial charge in [0.05, 0.1) is 23.9 Å². The van der Waals surface area contributed by atoms with E-state index in [0.29, 0.717) is 6.42 Å². The predicted molar refractivity (Wildman–Crippen MR) is 123 cm³/mol. The van der Waals surface area contributed by atoms with Crippen molar-refractivity contribution in [2.45, 2.75) is 44.8 Å². The van der Waals surface area contributed by atoms with E-state index in [9.17, 15) is 14.3 Å². The summed E-state index contributed by atoms with van der Waals surface area (Å²) in [6.07, 6.45) is 2.90. The fourth-order valence-electron chi connectivity index (χ4n) is 3.95. The molecule has 1 unspecified atom stereocenters. The summed E-state index contributed by atoms with van der Waals surface area (Å²) in [6.45, 7) is 4.15. The lowest BCUT2D eigenvalue weighted by Crippen LogP contribution is -2.31. The maximum absolute atomic E-state index is 13.6. The molecule has 32 heavy (non-hydrogen) atoms. The van der Waals surface area contributed by atoms with Crippen molar-refractivity contribution in [1.29, 1.82) is 0 Å². The van der Waals surface area contributed by atoms with E-state index in [1.165, 1.54) is 12.1 Å². The lowest BCUT2D eigenvalue weighted by molar-refractivity contribution is -0.156. The number of cyclic esters (lactones) is 1. The zero-order valence-corrected chi connectivity index (χ0v) is 18.2. The van der Waals surface area contributed by atoms with Gasteiger partial charge in [-0.2, -0.15) is 0 Å². The largest absolute Gasteiger partial charge is 0.458 e. The number of aromatic nitrogens is 1. The summed E-state index contributed by atoms with van der Waals surface area (Å²) < 4.78 is 19.0. The minimum Gasteiger partial charge on any atom is -0.458 e. The number of nitrogens with zero attached hydrogens (tertiary/aromatic N) is 1. The summed E-state index contributed by atoms with van der Waals surface area (Å²) >= 11 is 0. The van der Waals surface area contributed by atoms with Crippen molar-refractivity contribution in [2.24, 2.45) is 0 Å². The molecule has 2 aromatic carbocycles. The van der Waals surface area contributed by atoms with Gasteiger partial charge in [-0.25, -0.2) is 4.39 Å². The molecule has 1 aliphatic heterocycles. The van der Waals surface area contributed by atoms with Crippen LogP contribution in [0.4, 0.5) is 4.39 Å². The number of rotatable bonds is 5. The normalized spacial score (nSPS) is 18.8. The summed E-state index contributed by atoms with van der Waals surface area (Å²) in [5.41, 5.74) is 5.41. The molecule has 4 nitrogen and oxygen atoms in total. The van der Waals surface area contributed by atoms with Gasteiger partial charge in [0.2, 0.25) is 0 Å². The molecule has 1 aliphatic rings. The second kappa shape index (κ2) is 9.45. The van der Waals surface area contributed by atoms with E-state index in [2.05, 4.69) is 13.8 Å². The number of pyridine rings is 1. The monoisotopic (exact) mass is 431 g/mol. The van der Waals surface area contributed by atoms with Crippen LogP contribution in [0.5, 0.6) is 0 Å². The van der Waals surface area contributed by atoms with Crippen LogP contribution in [0.25, 0.3) is 28.5 Å². The van der Waals surface area contributed by atoms with Crippen molar-refractivity contribution in [1.82, 2.24) is 4.98 Å². The number of carbonyl (C=O) groups is 1. The quantitative estimate of drug-likeness (QED) is 0.522. The Kier molecular flexibility index (Phi) is 6.47. The van der Waals surface area contributed by atoms with Crippen LogP contribution in [0.2, 0.25) is 0 Å². The van der Waals surface area contributed by atoms with Crippen molar-refractivity contribution in [3.05, 3.63) is 83.8 Å². The van der Waals surface area contributed by atoms with Gasteiger partial charge in [0.1, 0.15) is 11.9 Å². The summed E-state index contributed by atoms with van der Waals surface area (Å²) in [6, 6.07) is 18.3. The molecule has 0 aliphatic carbocycles. The number of hydrogen-bond donors (Lipinski definition) is 1. The molecule has 1 aromatic heterocycles. The van der Waals surface area contributed by atoms with E-state index in [-0.39, 0.29) is 18.2 Å². The van der Waals surface area contributed by atoms with Crippen molar-refractivity contribution < 1.29 is 19.0 Å². The summed E-state index contributed by atoms with van der Waals surface area (Å²) in [5, 5.41) is 9.93. The van der Waals surface area contributed by atoms with Gasteiger partial charge in [-0.15, -0.1) is 0 Å². The first-order valence-corrected chi connectivity index (χ1v) is 10.8. The Morgan fingerprint density at radius 1 is 1.09 bits per heavy atom. The predicted octanol–water partition coefficient (Wildman–Crippen LogP) is 5.76. The van der Waals surface area contributed by atoms with Gasteiger partial charge in [-0.1, -0.05) is 62.4 Å². The van der Waals surface area contributed by atoms with Crippen molar-refractivity contribution >= 4 is 12.0 Å². The van der Waals surface area contributed by atoms with E-state index in [4.69, 9.17) is 9.72 Å². The smallest absolute Gasteiger partial charge is 0.309 e. The number of hydrogen-bond acceptors (Lipinski definition) is 4. The van der Waals surface area contributed by atoms with Crippen LogP contribution < -0.4 is 0 Å². The molecular weight excluding hydrogens is 405 g/mol. The highest BCUT2D eigenvalue weighted by Gasteiger charge is 2.25. The molecule has 164 valence electrons. The molecule has 1 fully saturated rings. The minimum atomic E-state index is -0.703. The van der Waals surface area contributed by atoms with Gasteiger partial charge in [0, 0.05) is 17.5 Å².